The Morgan fingerprint density at radius 2 is 2.33 bits per heavy atom. The number of aliphatic carboxylic acids is 1. The number of anilines is 1. The van der Waals surface area contributed by atoms with E-state index in [4.69, 9.17) is 9.63 Å². The molecule has 1 saturated carbocycles. The van der Waals surface area contributed by atoms with Crippen molar-refractivity contribution in [2.24, 2.45) is 0 Å². The van der Waals surface area contributed by atoms with Gasteiger partial charge in [0.1, 0.15) is 5.25 Å². The van der Waals surface area contributed by atoms with Crippen molar-refractivity contribution >= 4 is 23.7 Å². The summed E-state index contributed by atoms with van der Waals surface area (Å²) in [5.74, 6) is 1.25. The van der Waals surface area contributed by atoms with E-state index in [9.17, 15) is 4.79 Å². The van der Waals surface area contributed by atoms with E-state index in [1.807, 2.05) is 0 Å². The maximum atomic E-state index is 10.8. The van der Waals surface area contributed by atoms with Crippen molar-refractivity contribution in [2.75, 3.05) is 11.1 Å². The van der Waals surface area contributed by atoms with Gasteiger partial charge in [-0.3, -0.25) is 4.79 Å². The van der Waals surface area contributed by atoms with Crippen LogP contribution < -0.4 is 5.32 Å². The van der Waals surface area contributed by atoms with Crippen LogP contribution in [0.2, 0.25) is 0 Å². The zero-order chi connectivity index (χ0) is 12.5. The van der Waals surface area contributed by atoms with Crippen LogP contribution in [0, 0.1) is 0 Å². The first-order chi connectivity index (χ1) is 8.72. The molecule has 1 saturated heterocycles. The van der Waals surface area contributed by atoms with Crippen molar-refractivity contribution in [3.63, 3.8) is 0 Å². The molecule has 2 aliphatic rings. The Morgan fingerprint density at radius 1 is 1.50 bits per heavy atom. The fraction of sp³-hybridized carbons (Fsp3) is 0.727. The van der Waals surface area contributed by atoms with E-state index in [1.54, 1.807) is 0 Å². The lowest BCUT2D eigenvalue weighted by atomic mass is 9.85. The van der Waals surface area contributed by atoms with Crippen LogP contribution in [0.1, 0.15) is 37.4 Å². The molecule has 0 bridgehead atoms. The topological polar surface area (TPSA) is 88.2 Å². The van der Waals surface area contributed by atoms with Crippen molar-refractivity contribution in [2.45, 2.75) is 42.9 Å². The van der Waals surface area contributed by atoms with Gasteiger partial charge >= 0.3 is 12.0 Å². The maximum absolute atomic E-state index is 10.8. The number of carboxylic acids is 1. The van der Waals surface area contributed by atoms with E-state index < -0.39 is 5.97 Å². The molecule has 6 nitrogen and oxygen atoms in total. The van der Waals surface area contributed by atoms with E-state index in [1.165, 1.54) is 18.2 Å². The standard InChI is InChI=1S/C11H15N3O3S/c15-10(16)8-4-7(5-18-8)12-11-13-9(14-17-11)6-2-1-3-6/h6-8H,1-5H2,(H,15,16)(H,12,13,14)/t7-,8-/m0/s1. The van der Waals surface area contributed by atoms with Crippen molar-refractivity contribution in [3.8, 4) is 0 Å². The summed E-state index contributed by atoms with van der Waals surface area (Å²) in [6.45, 7) is 0. The van der Waals surface area contributed by atoms with Crippen LogP contribution in [0.4, 0.5) is 6.01 Å². The highest BCUT2D eigenvalue weighted by atomic mass is 32.2. The van der Waals surface area contributed by atoms with E-state index in [0.29, 0.717) is 18.4 Å². The molecule has 98 valence electrons. The summed E-state index contributed by atoms with van der Waals surface area (Å²) in [5.41, 5.74) is 0. The number of carboxylic acid groups (broad SMARTS) is 1. The first-order valence-corrected chi connectivity index (χ1v) is 7.22. The van der Waals surface area contributed by atoms with Crippen molar-refractivity contribution in [1.29, 1.82) is 0 Å². The number of thioether (sulfide) groups is 1. The van der Waals surface area contributed by atoms with Crippen LogP contribution in [0.15, 0.2) is 4.52 Å². The summed E-state index contributed by atoms with van der Waals surface area (Å²) >= 11 is 1.45. The molecule has 2 N–H and O–H groups in total. The zero-order valence-corrected chi connectivity index (χ0v) is 10.7. The molecule has 18 heavy (non-hydrogen) atoms. The summed E-state index contributed by atoms with van der Waals surface area (Å²) in [4.78, 5) is 15.2. The molecule has 7 heteroatoms. The third-order valence-corrected chi connectivity index (χ3v) is 4.90. The molecule has 3 rings (SSSR count). The highest BCUT2D eigenvalue weighted by molar-refractivity contribution is 8.00. The Balaban J connectivity index is 1.56. The maximum Gasteiger partial charge on any atom is 0.321 e. The first-order valence-electron chi connectivity index (χ1n) is 6.17. The number of carbonyl (C=O) groups is 1. The minimum Gasteiger partial charge on any atom is -0.480 e. The van der Waals surface area contributed by atoms with Crippen LogP contribution >= 0.6 is 11.8 Å². The van der Waals surface area contributed by atoms with Crippen LogP contribution in [0.5, 0.6) is 0 Å². The normalized spacial score (nSPS) is 28.0. The van der Waals surface area contributed by atoms with Gasteiger partial charge in [0.2, 0.25) is 0 Å². The van der Waals surface area contributed by atoms with Crippen LogP contribution in [0.3, 0.4) is 0 Å². The summed E-state index contributed by atoms with van der Waals surface area (Å²) in [5, 5.41) is 15.7. The Morgan fingerprint density at radius 3 is 2.94 bits per heavy atom. The second kappa shape index (κ2) is 4.79. The highest BCUT2D eigenvalue weighted by Gasteiger charge is 2.31. The average Bonchev–Trinajstić information content (AvgIpc) is 2.86. The minimum absolute atomic E-state index is 0.103. The second-order valence-corrected chi connectivity index (χ2v) is 6.06. The molecule has 0 radical (unpaired) electrons. The van der Waals surface area contributed by atoms with Crippen LogP contribution in [0.25, 0.3) is 0 Å². The molecule has 0 unspecified atom stereocenters. The van der Waals surface area contributed by atoms with Gasteiger partial charge in [-0.05, 0) is 19.3 Å². The number of aromatic nitrogens is 2. The summed E-state index contributed by atoms with van der Waals surface area (Å²) in [7, 11) is 0. The third-order valence-electron chi connectivity index (χ3n) is 3.51. The fourth-order valence-corrected chi connectivity index (χ4v) is 3.39. The molecule has 2 heterocycles. The largest absolute Gasteiger partial charge is 0.480 e. The monoisotopic (exact) mass is 269 g/mol. The highest BCUT2D eigenvalue weighted by Crippen LogP contribution is 2.35. The average molecular weight is 269 g/mol. The summed E-state index contributed by atoms with van der Waals surface area (Å²) in [6, 6.07) is 0.527. The lowest BCUT2D eigenvalue weighted by molar-refractivity contribution is -0.136. The first kappa shape index (κ1) is 11.8. The number of rotatable bonds is 4. The van der Waals surface area contributed by atoms with Crippen molar-refractivity contribution in [1.82, 2.24) is 10.1 Å². The third kappa shape index (κ3) is 2.31. The van der Waals surface area contributed by atoms with Crippen LogP contribution in [-0.4, -0.2) is 38.3 Å². The van der Waals surface area contributed by atoms with Gasteiger partial charge < -0.3 is 14.9 Å². The molecule has 2 fully saturated rings. The molecule has 2 atom stereocenters. The fourth-order valence-electron chi connectivity index (χ4n) is 2.20. The Bertz CT molecular complexity index is 446. The molecule has 0 amide bonds. The van der Waals surface area contributed by atoms with E-state index in [2.05, 4.69) is 15.5 Å². The molecule has 0 spiro atoms. The lowest BCUT2D eigenvalue weighted by Crippen LogP contribution is -2.22. The quantitative estimate of drug-likeness (QED) is 0.860. The van der Waals surface area contributed by atoms with Gasteiger partial charge in [-0.15, -0.1) is 11.8 Å². The van der Waals surface area contributed by atoms with Gasteiger partial charge in [-0.2, -0.15) is 4.98 Å². The predicted octanol–water partition coefficient (Wildman–Crippen LogP) is 1.71. The van der Waals surface area contributed by atoms with Gasteiger partial charge in [-0.1, -0.05) is 11.6 Å². The second-order valence-electron chi connectivity index (χ2n) is 4.82. The Hall–Kier alpha value is -1.24. The van der Waals surface area contributed by atoms with Gasteiger partial charge in [0.05, 0.1) is 0 Å². The van der Waals surface area contributed by atoms with Gasteiger partial charge in [0.15, 0.2) is 5.82 Å². The molecule has 1 aliphatic heterocycles. The number of hydrogen-bond donors (Lipinski definition) is 2. The smallest absolute Gasteiger partial charge is 0.321 e. The molecule has 1 aromatic rings. The van der Waals surface area contributed by atoms with E-state index in [-0.39, 0.29) is 11.3 Å². The predicted molar refractivity (Wildman–Crippen MR) is 66.8 cm³/mol. The molecular formula is C11H15N3O3S. The Labute approximate surface area is 109 Å². The van der Waals surface area contributed by atoms with E-state index >= 15 is 0 Å². The minimum atomic E-state index is -0.745. The van der Waals surface area contributed by atoms with E-state index in [0.717, 1.165) is 24.4 Å². The molecule has 1 aromatic heterocycles. The molecular weight excluding hydrogens is 254 g/mol. The SMILES string of the molecule is O=C(O)[C@@H]1C[C@H](Nc2nc(C3CCC3)no2)CS1. The lowest BCUT2D eigenvalue weighted by Gasteiger charge is -2.20. The van der Waals surface area contributed by atoms with Crippen molar-refractivity contribution < 1.29 is 14.4 Å². The van der Waals surface area contributed by atoms with Gasteiger partial charge in [0, 0.05) is 17.7 Å². The number of hydrogen-bond acceptors (Lipinski definition) is 6. The Kier molecular flexibility index (Phi) is 3.15. The summed E-state index contributed by atoms with van der Waals surface area (Å²) in [6.07, 6.45) is 4.11. The van der Waals surface area contributed by atoms with Crippen molar-refractivity contribution in [3.05, 3.63) is 5.82 Å². The van der Waals surface area contributed by atoms with Crippen LogP contribution in [-0.2, 0) is 4.79 Å². The zero-order valence-electron chi connectivity index (χ0n) is 9.83. The van der Waals surface area contributed by atoms with Gasteiger partial charge in [-0.25, -0.2) is 0 Å². The summed E-state index contributed by atoms with van der Waals surface area (Å²) < 4.78 is 5.15. The molecule has 1 aliphatic carbocycles. The molecule has 0 aromatic carbocycles. The number of nitrogens with one attached hydrogen (secondary N) is 1. The van der Waals surface area contributed by atoms with Gasteiger partial charge in [0.25, 0.3) is 0 Å². The number of nitrogens with zero attached hydrogens (tertiary/aromatic N) is 2.